The van der Waals surface area contributed by atoms with Gasteiger partial charge in [0.1, 0.15) is 0 Å². The number of amidine groups is 1. The minimum Gasteiger partial charge on any atom is -0.367 e. The second kappa shape index (κ2) is 1.29. The van der Waals surface area contributed by atoms with Gasteiger partial charge in [-0.1, -0.05) is 0 Å². The second-order valence-electron chi connectivity index (χ2n) is 1.27. The Hall–Kier alpha value is -0.530. The molecular weight excluding hydrogens is 76.1 g/mol. The van der Waals surface area contributed by atoms with Crippen LogP contribution in [0.15, 0.2) is 4.99 Å². The van der Waals surface area contributed by atoms with Crippen molar-refractivity contribution in [1.29, 1.82) is 0 Å². The van der Waals surface area contributed by atoms with Gasteiger partial charge in [0.2, 0.25) is 0 Å². The van der Waals surface area contributed by atoms with E-state index in [2.05, 4.69) is 10.3 Å². The van der Waals surface area contributed by atoms with Crippen LogP contribution in [0.25, 0.3) is 0 Å². The average Bonchev–Trinajstić information content (AvgIpc) is 1.86. The van der Waals surface area contributed by atoms with E-state index >= 15 is 0 Å². The highest BCUT2D eigenvalue weighted by atomic mass is 15.0. The van der Waals surface area contributed by atoms with Gasteiger partial charge < -0.3 is 5.32 Å². The van der Waals surface area contributed by atoms with E-state index in [4.69, 9.17) is 0 Å². The molecule has 0 amide bonds. The van der Waals surface area contributed by atoms with Crippen LogP contribution in [0.3, 0.4) is 0 Å². The summed E-state index contributed by atoms with van der Waals surface area (Å²) in [5, 5.41) is 2.94. The zero-order valence-corrected chi connectivity index (χ0v) is 3.73. The van der Waals surface area contributed by atoms with Crippen molar-refractivity contribution in [2.45, 2.75) is 6.92 Å². The van der Waals surface area contributed by atoms with E-state index < -0.39 is 0 Å². The standard InChI is InChI=1S/C4H7N2/c1-4-5-2-3-6-4/h2H,3H2,1H3,(H,5,6). The number of hydrogen-bond donors (Lipinski definition) is 1. The van der Waals surface area contributed by atoms with E-state index in [0.717, 1.165) is 12.4 Å². The molecule has 2 heteroatoms. The summed E-state index contributed by atoms with van der Waals surface area (Å²) in [6.07, 6.45) is 0. The molecule has 0 unspecified atom stereocenters. The largest absolute Gasteiger partial charge is 0.367 e. The van der Waals surface area contributed by atoms with E-state index in [-0.39, 0.29) is 0 Å². The number of aliphatic imine (C=N–C) groups is 1. The zero-order valence-electron chi connectivity index (χ0n) is 3.73. The Balaban J connectivity index is 2.45. The minimum absolute atomic E-state index is 0.839. The van der Waals surface area contributed by atoms with Gasteiger partial charge in [0, 0.05) is 0 Å². The molecule has 0 bridgehead atoms. The second-order valence-corrected chi connectivity index (χ2v) is 1.27. The molecule has 1 aliphatic heterocycles. The number of nitrogens with one attached hydrogen (secondary N) is 1. The maximum atomic E-state index is 3.99. The molecule has 2 nitrogen and oxygen atoms in total. The molecule has 1 N–H and O–H groups in total. The van der Waals surface area contributed by atoms with E-state index in [1.54, 1.807) is 0 Å². The van der Waals surface area contributed by atoms with E-state index in [1.165, 1.54) is 0 Å². The molecule has 0 spiro atoms. The maximum absolute atomic E-state index is 3.99. The summed E-state index contributed by atoms with van der Waals surface area (Å²) in [5.74, 6) is 1.02. The van der Waals surface area contributed by atoms with Crippen LogP contribution >= 0.6 is 0 Å². The molecule has 0 aromatic carbocycles. The van der Waals surface area contributed by atoms with Crippen LogP contribution < -0.4 is 5.32 Å². The van der Waals surface area contributed by atoms with Crippen molar-refractivity contribution in [3.05, 3.63) is 6.54 Å². The molecule has 0 atom stereocenters. The fraction of sp³-hybridized carbons (Fsp3) is 0.500. The molecule has 0 aromatic heterocycles. The Morgan fingerprint density at radius 2 is 2.83 bits per heavy atom. The Bertz CT molecular complexity index is 75.6. The highest BCUT2D eigenvalue weighted by Gasteiger charge is 1.94. The number of rotatable bonds is 0. The van der Waals surface area contributed by atoms with Crippen molar-refractivity contribution in [2.24, 2.45) is 4.99 Å². The molecule has 1 rings (SSSR count). The Kier molecular flexibility index (Phi) is 0.783. The summed E-state index contributed by atoms with van der Waals surface area (Å²) in [6, 6.07) is 0. The molecule has 33 valence electrons. The van der Waals surface area contributed by atoms with Gasteiger partial charge in [-0.3, -0.25) is 4.99 Å². The minimum atomic E-state index is 0.839. The highest BCUT2D eigenvalue weighted by molar-refractivity contribution is 5.81. The van der Waals surface area contributed by atoms with Gasteiger partial charge in [0.25, 0.3) is 0 Å². The first kappa shape index (κ1) is 3.65. The molecule has 0 saturated heterocycles. The van der Waals surface area contributed by atoms with Crippen molar-refractivity contribution >= 4 is 5.84 Å². The van der Waals surface area contributed by atoms with Crippen molar-refractivity contribution in [1.82, 2.24) is 5.32 Å². The highest BCUT2D eigenvalue weighted by Crippen LogP contribution is 1.84. The van der Waals surface area contributed by atoms with E-state index in [1.807, 2.05) is 13.5 Å². The Labute approximate surface area is 37.3 Å². The average molecular weight is 83.1 g/mol. The molecule has 0 aliphatic carbocycles. The lowest BCUT2D eigenvalue weighted by molar-refractivity contribution is 1.11. The van der Waals surface area contributed by atoms with Crippen LogP contribution in [0, 0.1) is 6.54 Å². The van der Waals surface area contributed by atoms with E-state index in [9.17, 15) is 0 Å². The fourth-order valence-corrected chi connectivity index (χ4v) is 0.422. The molecular formula is C4H7N2. The SMILES string of the molecule is CC1=NC[CH]N1. The summed E-state index contributed by atoms with van der Waals surface area (Å²) in [5.41, 5.74) is 0. The number of hydrogen-bond acceptors (Lipinski definition) is 2. The van der Waals surface area contributed by atoms with Gasteiger partial charge in [0.05, 0.1) is 18.9 Å². The van der Waals surface area contributed by atoms with Crippen molar-refractivity contribution in [3.63, 3.8) is 0 Å². The van der Waals surface area contributed by atoms with Crippen LogP contribution in [0.5, 0.6) is 0 Å². The zero-order chi connectivity index (χ0) is 4.41. The van der Waals surface area contributed by atoms with Gasteiger partial charge in [-0.15, -0.1) is 0 Å². The van der Waals surface area contributed by atoms with Gasteiger partial charge in [-0.2, -0.15) is 0 Å². The van der Waals surface area contributed by atoms with Crippen LogP contribution in [0.2, 0.25) is 0 Å². The summed E-state index contributed by atoms with van der Waals surface area (Å²) in [4.78, 5) is 3.99. The summed E-state index contributed by atoms with van der Waals surface area (Å²) in [6.45, 7) is 4.71. The smallest absolute Gasteiger partial charge is 0.0936 e. The summed E-state index contributed by atoms with van der Waals surface area (Å²) >= 11 is 0. The first-order chi connectivity index (χ1) is 2.89. The maximum Gasteiger partial charge on any atom is 0.0936 e. The third-order valence-electron chi connectivity index (χ3n) is 0.731. The molecule has 6 heavy (non-hydrogen) atoms. The lowest BCUT2D eigenvalue weighted by Gasteiger charge is -1.84. The van der Waals surface area contributed by atoms with Gasteiger partial charge in [-0.25, -0.2) is 0 Å². The fourth-order valence-electron chi connectivity index (χ4n) is 0.422. The van der Waals surface area contributed by atoms with Gasteiger partial charge in [-0.05, 0) is 6.92 Å². The number of nitrogens with zero attached hydrogens (tertiary/aromatic N) is 1. The first-order valence-electron chi connectivity index (χ1n) is 1.99. The molecule has 0 fully saturated rings. The van der Waals surface area contributed by atoms with Gasteiger partial charge >= 0.3 is 0 Å². The lowest BCUT2D eigenvalue weighted by atomic mass is 10.7. The normalized spacial score (nSPS) is 19.8. The Morgan fingerprint density at radius 1 is 2.00 bits per heavy atom. The monoisotopic (exact) mass is 83.1 g/mol. The predicted octanol–water partition coefficient (Wildman–Crippen LogP) is 0.170. The summed E-state index contributed by atoms with van der Waals surface area (Å²) < 4.78 is 0. The van der Waals surface area contributed by atoms with E-state index in [0.29, 0.717) is 0 Å². The molecule has 1 heterocycles. The molecule has 0 aromatic rings. The van der Waals surface area contributed by atoms with Crippen LogP contribution in [-0.4, -0.2) is 12.4 Å². The predicted molar refractivity (Wildman–Crippen MR) is 25.4 cm³/mol. The topological polar surface area (TPSA) is 24.4 Å². The lowest BCUT2D eigenvalue weighted by Crippen LogP contribution is -2.09. The summed E-state index contributed by atoms with van der Waals surface area (Å²) in [7, 11) is 0. The van der Waals surface area contributed by atoms with Crippen molar-refractivity contribution in [2.75, 3.05) is 6.54 Å². The quantitative estimate of drug-likeness (QED) is 0.443. The molecule has 0 saturated carbocycles. The first-order valence-corrected chi connectivity index (χ1v) is 1.99. The van der Waals surface area contributed by atoms with Gasteiger partial charge in [0.15, 0.2) is 0 Å². The van der Waals surface area contributed by atoms with Crippen molar-refractivity contribution < 1.29 is 0 Å². The van der Waals surface area contributed by atoms with Crippen LogP contribution in [0.4, 0.5) is 0 Å². The van der Waals surface area contributed by atoms with Crippen LogP contribution in [-0.2, 0) is 0 Å². The third kappa shape index (κ3) is 0.506. The Morgan fingerprint density at radius 3 is 3.00 bits per heavy atom. The van der Waals surface area contributed by atoms with Crippen molar-refractivity contribution in [3.8, 4) is 0 Å². The third-order valence-corrected chi connectivity index (χ3v) is 0.731. The molecule has 1 radical (unpaired) electrons. The molecule has 1 aliphatic rings. The van der Waals surface area contributed by atoms with Crippen LogP contribution in [0.1, 0.15) is 6.92 Å².